The molecule has 1 aliphatic rings. The van der Waals surface area contributed by atoms with E-state index in [-0.39, 0.29) is 6.10 Å². The van der Waals surface area contributed by atoms with Crippen molar-refractivity contribution >= 4 is 0 Å². The van der Waals surface area contributed by atoms with Gasteiger partial charge in [0.1, 0.15) is 5.75 Å². The second kappa shape index (κ2) is 7.12. The molecule has 2 atom stereocenters. The lowest BCUT2D eigenvalue weighted by molar-refractivity contribution is 0.233. The van der Waals surface area contributed by atoms with Gasteiger partial charge >= 0.3 is 0 Å². The molecular weight excluding hydrogens is 246 g/mol. The zero-order valence-electron chi connectivity index (χ0n) is 13.4. The molecule has 0 aliphatic heterocycles. The minimum Gasteiger partial charge on any atom is -0.491 e. The van der Waals surface area contributed by atoms with Crippen molar-refractivity contribution < 1.29 is 4.74 Å². The minimum atomic E-state index is 0.246. The van der Waals surface area contributed by atoms with Crippen molar-refractivity contribution in [3.8, 4) is 5.75 Å². The van der Waals surface area contributed by atoms with Gasteiger partial charge in [-0.15, -0.1) is 0 Å². The van der Waals surface area contributed by atoms with Crippen LogP contribution in [0.25, 0.3) is 0 Å². The highest BCUT2D eigenvalue weighted by atomic mass is 16.5. The maximum absolute atomic E-state index is 5.81. The number of hydrogen-bond acceptors (Lipinski definition) is 2. The summed E-state index contributed by atoms with van der Waals surface area (Å²) in [5.74, 6) is 3.25. The maximum Gasteiger partial charge on any atom is 0.119 e. The zero-order valence-corrected chi connectivity index (χ0v) is 13.4. The van der Waals surface area contributed by atoms with Crippen LogP contribution in [0.5, 0.6) is 5.75 Å². The third-order valence-corrected chi connectivity index (χ3v) is 4.03. The standard InChI is InChI=1S/C18H29NO/c1-13(2)11-19-12-16-8-9-18(16)15-6-5-7-17(10-15)20-14(3)4/h5-7,10,13-14,16,18-19H,8-9,11-12H2,1-4H3. The molecule has 2 unspecified atom stereocenters. The Morgan fingerprint density at radius 2 is 2.00 bits per heavy atom. The first-order valence-corrected chi connectivity index (χ1v) is 8.03. The van der Waals surface area contributed by atoms with Gasteiger partial charge in [-0.1, -0.05) is 26.0 Å². The second-order valence-corrected chi connectivity index (χ2v) is 6.74. The van der Waals surface area contributed by atoms with Crippen LogP contribution in [0, 0.1) is 11.8 Å². The van der Waals surface area contributed by atoms with Crippen LogP contribution < -0.4 is 10.1 Å². The molecule has 1 aliphatic carbocycles. The van der Waals surface area contributed by atoms with Crippen LogP contribution in [0.3, 0.4) is 0 Å². The number of nitrogens with one attached hydrogen (secondary N) is 1. The molecule has 0 bridgehead atoms. The van der Waals surface area contributed by atoms with E-state index < -0.39 is 0 Å². The summed E-state index contributed by atoms with van der Waals surface area (Å²) in [6.45, 7) is 11.0. The Kier molecular flexibility index (Phi) is 5.47. The number of hydrogen-bond donors (Lipinski definition) is 1. The highest BCUT2D eigenvalue weighted by Crippen LogP contribution is 2.42. The molecular formula is C18H29NO. The topological polar surface area (TPSA) is 21.3 Å². The lowest BCUT2D eigenvalue weighted by Crippen LogP contribution is -2.35. The molecule has 2 nitrogen and oxygen atoms in total. The fraction of sp³-hybridized carbons (Fsp3) is 0.667. The van der Waals surface area contributed by atoms with Crippen molar-refractivity contribution in [3.05, 3.63) is 29.8 Å². The smallest absolute Gasteiger partial charge is 0.119 e. The van der Waals surface area contributed by atoms with E-state index in [1.807, 2.05) is 0 Å². The lowest BCUT2D eigenvalue weighted by Gasteiger charge is -2.37. The van der Waals surface area contributed by atoms with Crippen LogP contribution in [-0.4, -0.2) is 19.2 Å². The van der Waals surface area contributed by atoms with E-state index in [0.717, 1.165) is 30.7 Å². The first-order valence-electron chi connectivity index (χ1n) is 8.03. The first kappa shape index (κ1) is 15.4. The van der Waals surface area contributed by atoms with E-state index in [1.54, 1.807) is 0 Å². The van der Waals surface area contributed by atoms with Crippen LogP contribution in [-0.2, 0) is 0 Å². The van der Waals surface area contributed by atoms with Gasteiger partial charge < -0.3 is 10.1 Å². The molecule has 1 aromatic carbocycles. The summed E-state index contributed by atoms with van der Waals surface area (Å²) in [7, 11) is 0. The molecule has 1 N–H and O–H groups in total. The van der Waals surface area contributed by atoms with Crippen molar-refractivity contribution in [2.24, 2.45) is 11.8 Å². The van der Waals surface area contributed by atoms with Gasteiger partial charge in [0.05, 0.1) is 6.10 Å². The van der Waals surface area contributed by atoms with Crippen molar-refractivity contribution in [2.45, 2.75) is 52.6 Å². The average molecular weight is 275 g/mol. The monoisotopic (exact) mass is 275 g/mol. The molecule has 0 spiro atoms. The Morgan fingerprint density at radius 1 is 1.20 bits per heavy atom. The summed E-state index contributed by atoms with van der Waals surface area (Å²) in [4.78, 5) is 0. The Balaban J connectivity index is 1.90. The van der Waals surface area contributed by atoms with Gasteiger partial charge in [-0.3, -0.25) is 0 Å². The Morgan fingerprint density at radius 3 is 2.60 bits per heavy atom. The van der Waals surface area contributed by atoms with Gasteiger partial charge in [-0.25, -0.2) is 0 Å². The van der Waals surface area contributed by atoms with E-state index in [0.29, 0.717) is 5.92 Å². The number of ether oxygens (including phenoxy) is 1. The molecule has 1 fully saturated rings. The molecule has 2 rings (SSSR count). The Labute approximate surface area is 123 Å². The predicted octanol–water partition coefficient (Wildman–Crippen LogP) is 4.21. The second-order valence-electron chi connectivity index (χ2n) is 6.74. The van der Waals surface area contributed by atoms with Gasteiger partial charge in [0.25, 0.3) is 0 Å². The third kappa shape index (κ3) is 4.24. The largest absolute Gasteiger partial charge is 0.491 e. The molecule has 1 saturated carbocycles. The maximum atomic E-state index is 5.81. The van der Waals surface area contributed by atoms with E-state index in [2.05, 4.69) is 57.3 Å². The summed E-state index contributed by atoms with van der Waals surface area (Å²) < 4.78 is 5.81. The first-order chi connectivity index (χ1) is 9.56. The van der Waals surface area contributed by atoms with Crippen molar-refractivity contribution in [1.82, 2.24) is 5.32 Å². The predicted molar refractivity (Wildman–Crippen MR) is 85.4 cm³/mol. The van der Waals surface area contributed by atoms with E-state index in [1.165, 1.54) is 18.4 Å². The van der Waals surface area contributed by atoms with Crippen LogP contribution in [0.1, 0.15) is 52.0 Å². The molecule has 0 saturated heterocycles. The molecule has 0 heterocycles. The number of benzene rings is 1. The molecule has 2 heteroatoms. The van der Waals surface area contributed by atoms with Crippen LogP contribution in [0.4, 0.5) is 0 Å². The quantitative estimate of drug-likeness (QED) is 0.804. The van der Waals surface area contributed by atoms with Gasteiger partial charge in [0.2, 0.25) is 0 Å². The van der Waals surface area contributed by atoms with E-state index >= 15 is 0 Å². The van der Waals surface area contributed by atoms with E-state index in [9.17, 15) is 0 Å². The highest BCUT2D eigenvalue weighted by molar-refractivity contribution is 5.32. The third-order valence-electron chi connectivity index (χ3n) is 4.03. The van der Waals surface area contributed by atoms with Crippen LogP contribution in [0.15, 0.2) is 24.3 Å². The molecule has 0 amide bonds. The fourth-order valence-electron chi connectivity index (χ4n) is 2.90. The van der Waals surface area contributed by atoms with Crippen molar-refractivity contribution in [3.63, 3.8) is 0 Å². The molecule has 1 aromatic rings. The SMILES string of the molecule is CC(C)CNCC1CCC1c1cccc(OC(C)C)c1. The minimum absolute atomic E-state index is 0.246. The van der Waals surface area contributed by atoms with E-state index in [4.69, 9.17) is 4.74 Å². The Bertz CT molecular complexity index is 414. The highest BCUT2D eigenvalue weighted by Gasteiger charge is 2.31. The molecule has 0 aromatic heterocycles. The molecule has 0 radical (unpaired) electrons. The molecule has 112 valence electrons. The van der Waals surface area contributed by atoms with Crippen LogP contribution >= 0.6 is 0 Å². The van der Waals surface area contributed by atoms with Gasteiger partial charge in [-0.05, 0) is 75.2 Å². The van der Waals surface area contributed by atoms with Gasteiger partial charge in [0, 0.05) is 0 Å². The Hall–Kier alpha value is -1.02. The van der Waals surface area contributed by atoms with Crippen molar-refractivity contribution in [1.29, 1.82) is 0 Å². The summed E-state index contributed by atoms with van der Waals surface area (Å²) >= 11 is 0. The normalized spacial score (nSPS) is 22.1. The summed E-state index contributed by atoms with van der Waals surface area (Å²) in [6, 6.07) is 8.68. The number of rotatable bonds is 7. The van der Waals surface area contributed by atoms with Gasteiger partial charge in [-0.2, -0.15) is 0 Å². The van der Waals surface area contributed by atoms with Crippen LogP contribution in [0.2, 0.25) is 0 Å². The summed E-state index contributed by atoms with van der Waals surface area (Å²) in [6.07, 6.45) is 2.92. The van der Waals surface area contributed by atoms with Crippen molar-refractivity contribution in [2.75, 3.05) is 13.1 Å². The molecule has 20 heavy (non-hydrogen) atoms. The van der Waals surface area contributed by atoms with Gasteiger partial charge in [0.15, 0.2) is 0 Å². The lowest BCUT2D eigenvalue weighted by atomic mass is 9.70. The average Bonchev–Trinajstić information content (AvgIpc) is 2.32. The summed E-state index contributed by atoms with van der Waals surface area (Å²) in [5.41, 5.74) is 1.45. The fourth-order valence-corrected chi connectivity index (χ4v) is 2.90. The zero-order chi connectivity index (χ0) is 14.5. The summed E-state index contributed by atoms with van der Waals surface area (Å²) in [5, 5.41) is 3.60.